The van der Waals surface area contributed by atoms with Gasteiger partial charge in [0.2, 0.25) is 0 Å². The molecule has 0 spiro atoms. The van der Waals surface area contributed by atoms with Crippen molar-refractivity contribution in [2.45, 2.75) is 0 Å². The van der Waals surface area contributed by atoms with Crippen LogP contribution in [0.2, 0.25) is 0 Å². The number of thiol groups is 1. The Morgan fingerprint density at radius 2 is 2.60 bits per heavy atom. The van der Waals surface area contributed by atoms with Crippen molar-refractivity contribution >= 4 is 25.0 Å². The lowest BCUT2D eigenvalue weighted by molar-refractivity contribution is 0.782. The molecule has 0 atom stereocenters. The minimum Gasteiger partial charge on any atom is -0.246 e. The molecule has 0 bridgehead atoms. The van der Waals surface area contributed by atoms with Gasteiger partial charge in [-0.25, -0.2) is 3.63 Å². The summed E-state index contributed by atoms with van der Waals surface area (Å²) in [5.41, 5.74) is 0. The van der Waals surface area contributed by atoms with Gasteiger partial charge in [0.1, 0.15) is 0 Å². The molecule has 0 rings (SSSR count). The lowest BCUT2D eigenvalue weighted by Gasteiger charge is -1.74. The van der Waals surface area contributed by atoms with E-state index in [1.807, 2.05) is 0 Å². The highest BCUT2D eigenvalue weighted by Gasteiger charge is 1.61. The van der Waals surface area contributed by atoms with Gasteiger partial charge in [0.25, 0.3) is 0 Å². The zero-order valence-corrected chi connectivity index (χ0v) is 4.26. The van der Waals surface area contributed by atoms with Crippen molar-refractivity contribution < 1.29 is 3.63 Å². The Hall–Kier alpha value is 0.400. The van der Waals surface area contributed by atoms with Crippen LogP contribution in [0.1, 0.15) is 0 Å². The van der Waals surface area contributed by atoms with Crippen LogP contribution in [0.5, 0.6) is 0 Å². The summed E-state index contributed by atoms with van der Waals surface area (Å²) >= 11 is 4.48. The van der Waals surface area contributed by atoms with Gasteiger partial charge in [-0.05, 0) is 18.3 Å². The molecule has 30 valence electrons. The quantitative estimate of drug-likeness (QED) is 0.425. The van der Waals surface area contributed by atoms with Crippen LogP contribution in [0.25, 0.3) is 0 Å². The van der Waals surface area contributed by atoms with Gasteiger partial charge < -0.3 is 0 Å². The van der Waals surface area contributed by atoms with E-state index in [0.717, 1.165) is 12.0 Å². The maximum absolute atomic E-state index is 4.18. The van der Waals surface area contributed by atoms with Crippen molar-refractivity contribution in [1.82, 2.24) is 0 Å². The lowest BCUT2D eigenvalue weighted by Crippen LogP contribution is -1.38. The van der Waals surface area contributed by atoms with Crippen LogP contribution < -0.4 is 0 Å². The topological polar surface area (TPSA) is 9.23 Å². The molecule has 0 aromatic rings. The Morgan fingerprint density at radius 3 is 2.60 bits per heavy atom. The van der Waals surface area contributed by atoms with Crippen molar-refractivity contribution in [3.05, 3.63) is 12.0 Å². The minimum atomic E-state index is 1.09. The predicted octanol–water partition coefficient (Wildman–Crippen LogP) is 1.64. The minimum absolute atomic E-state index is 1.09. The van der Waals surface area contributed by atoms with Crippen LogP contribution in [0.3, 0.4) is 0 Å². The van der Waals surface area contributed by atoms with Crippen LogP contribution >= 0.6 is 25.0 Å². The van der Waals surface area contributed by atoms with Crippen molar-refractivity contribution in [3.8, 4) is 0 Å². The van der Waals surface area contributed by atoms with E-state index in [0.29, 0.717) is 0 Å². The van der Waals surface area contributed by atoms with Gasteiger partial charge in [-0.15, -0.1) is 0 Å². The van der Waals surface area contributed by atoms with Crippen molar-refractivity contribution in [1.29, 1.82) is 0 Å². The molecule has 0 aliphatic rings. The van der Waals surface area contributed by atoms with E-state index in [4.69, 9.17) is 0 Å². The molecule has 3 heteroatoms. The molecule has 0 aliphatic heterocycles. The van der Waals surface area contributed by atoms with Gasteiger partial charge in [-0.2, -0.15) is 0 Å². The molecular weight excluding hydrogens is 104 g/mol. The normalized spacial score (nSPS) is 7.40. The average Bonchev–Trinajstić information content (AvgIpc) is 1.41. The Kier molecular flexibility index (Phi) is 4.75. The van der Waals surface area contributed by atoms with Gasteiger partial charge in [-0.1, -0.05) is 6.58 Å². The molecule has 0 N–H and O–H groups in total. The highest BCUT2D eigenvalue weighted by molar-refractivity contribution is 8.03. The molecule has 0 aromatic heterocycles. The third-order valence-electron chi connectivity index (χ3n) is 0.111. The maximum atomic E-state index is 4.18. The van der Waals surface area contributed by atoms with Gasteiger partial charge in [0.05, 0.1) is 0 Å². The van der Waals surface area contributed by atoms with Gasteiger partial charge in [0.15, 0.2) is 0 Å². The van der Waals surface area contributed by atoms with Crippen LogP contribution in [-0.4, -0.2) is 0 Å². The van der Waals surface area contributed by atoms with E-state index in [-0.39, 0.29) is 0 Å². The molecule has 0 radical (unpaired) electrons. The molecule has 0 fully saturated rings. The molecule has 0 saturated carbocycles. The van der Waals surface area contributed by atoms with Gasteiger partial charge in [-0.3, -0.25) is 0 Å². The summed E-state index contributed by atoms with van der Waals surface area (Å²) in [5.74, 6) is 0. The fraction of sp³-hybridized carbons (Fsp3) is 0. The van der Waals surface area contributed by atoms with Crippen LogP contribution in [0.4, 0.5) is 0 Å². The maximum Gasteiger partial charge on any atom is 0.0353 e. The summed E-state index contributed by atoms with van der Waals surface area (Å²) < 4.78 is 4.18. The van der Waals surface area contributed by atoms with E-state index in [1.165, 1.54) is 0 Å². The molecule has 0 aromatic carbocycles. The third-order valence-corrected chi connectivity index (χ3v) is 0.591. The lowest BCUT2D eigenvalue weighted by atomic mass is 11.3. The summed E-state index contributed by atoms with van der Waals surface area (Å²) in [6.07, 6.45) is 0. The first-order chi connectivity index (χ1) is 2.41. The van der Waals surface area contributed by atoms with Crippen LogP contribution in [0, 0.1) is 0 Å². The van der Waals surface area contributed by atoms with E-state index in [9.17, 15) is 0 Å². The largest absolute Gasteiger partial charge is 0.246 e. The summed E-state index contributed by atoms with van der Waals surface area (Å²) in [4.78, 5) is 0. The smallest absolute Gasteiger partial charge is 0.0353 e. The molecule has 1 nitrogen and oxygen atoms in total. The highest BCUT2D eigenvalue weighted by atomic mass is 32.2. The second kappa shape index (κ2) is 4.40. The van der Waals surface area contributed by atoms with Crippen molar-refractivity contribution in [2.24, 2.45) is 0 Å². The third kappa shape index (κ3) is 4.40. The predicted molar refractivity (Wildman–Crippen MR) is 27.9 cm³/mol. The summed E-state index contributed by atoms with van der Waals surface area (Å²) in [7, 11) is 0. The number of rotatable bonds is 2. The van der Waals surface area contributed by atoms with Gasteiger partial charge >= 0.3 is 0 Å². The molecule has 0 heterocycles. The molecule has 5 heavy (non-hydrogen) atoms. The second-order valence-corrected chi connectivity index (χ2v) is 1.46. The summed E-state index contributed by atoms with van der Waals surface area (Å²) in [5, 5.41) is 1.55. The highest BCUT2D eigenvalue weighted by Crippen LogP contribution is 2.02. The Morgan fingerprint density at radius 1 is 2.00 bits per heavy atom. The first kappa shape index (κ1) is 5.40. The fourth-order valence-electron chi connectivity index (χ4n) is 0.0304. The SMILES string of the molecule is C=CSOS. The second-order valence-electron chi connectivity index (χ2n) is 0.337. The molecule has 0 unspecified atom stereocenters. The Balaban J connectivity index is 2.40. The number of hydrogen-bond donors (Lipinski definition) is 1. The van der Waals surface area contributed by atoms with Gasteiger partial charge in [0, 0.05) is 12.0 Å². The van der Waals surface area contributed by atoms with Crippen LogP contribution in [0.15, 0.2) is 12.0 Å². The monoisotopic (exact) mass is 108 g/mol. The Bertz CT molecular complexity index is 28.8. The zero-order chi connectivity index (χ0) is 4.12. The van der Waals surface area contributed by atoms with E-state index in [1.54, 1.807) is 5.41 Å². The fourth-order valence-corrected chi connectivity index (χ4v) is 0.274. The van der Waals surface area contributed by atoms with E-state index in [2.05, 4.69) is 23.1 Å². The molecule has 0 amide bonds. The van der Waals surface area contributed by atoms with Crippen molar-refractivity contribution in [2.75, 3.05) is 0 Å². The van der Waals surface area contributed by atoms with Crippen LogP contribution in [-0.2, 0) is 3.63 Å². The molecule has 0 aliphatic carbocycles. The summed E-state index contributed by atoms with van der Waals surface area (Å²) in [6.45, 7) is 3.34. The first-order valence-corrected chi connectivity index (χ1v) is 2.16. The molecule has 0 saturated heterocycles. The van der Waals surface area contributed by atoms with E-state index >= 15 is 0 Å². The first-order valence-electron chi connectivity index (χ1n) is 0.993. The standard InChI is InChI=1S/C2H4OS2/c1-2-5-3-4/h2,4H,1H2. The van der Waals surface area contributed by atoms with E-state index < -0.39 is 0 Å². The Labute approximate surface area is 41.2 Å². The number of hydrogen-bond acceptors (Lipinski definition) is 3. The molecular formula is C2H4OS2. The average molecular weight is 108 g/mol. The van der Waals surface area contributed by atoms with Crippen molar-refractivity contribution in [3.63, 3.8) is 0 Å². The zero-order valence-electron chi connectivity index (χ0n) is 2.55. The summed E-state index contributed by atoms with van der Waals surface area (Å²) in [6, 6.07) is 0.